The average molecular weight is 664 g/mol. The zero-order valence-corrected chi connectivity index (χ0v) is 27.9. The summed E-state index contributed by atoms with van der Waals surface area (Å²) >= 11 is 0. The summed E-state index contributed by atoms with van der Waals surface area (Å²) in [5.74, 6) is -2.42. The fraction of sp³-hybridized carbons (Fsp3) is 0.410. The summed E-state index contributed by atoms with van der Waals surface area (Å²) in [7, 11) is -1.05. The second-order valence-corrected chi connectivity index (χ2v) is 13.8. The monoisotopic (exact) mass is 663 g/mol. The molecule has 4 heterocycles. The molecule has 4 atom stereocenters. The van der Waals surface area contributed by atoms with Crippen LogP contribution >= 0.6 is 0 Å². The minimum absolute atomic E-state index is 0.0551. The lowest BCUT2D eigenvalue weighted by atomic mass is 9.58. The Balaban J connectivity index is 1.10. The molecule has 49 heavy (non-hydrogen) atoms. The van der Waals surface area contributed by atoms with Crippen molar-refractivity contribution in [1.82, 2.24) is 14.8 Å². The normalized spacial score (nSPS) is 25.2. The smallest absolute Gasteiger partial charge is 0.455 e. The van der Waals surface area contributed by atoms with Crippen molar-refractivity contribution in [3.63, 3.8) is 0 Å². The Morgan fingerprint density at radius 2 is 1.82 bits per heavy atom. The number of hydrogen-bond acceptors (Lipinski definition) is 7. The number of carbonyl (C=O) groups excluding carboxylic acids is 2. The van der Waals surface area contributed by atoms with Crippen molar-refractivity contribution in [3.05, 3.63) is 107 Å². The maximum atomic E-state index is 14.3. The third kappa shape index (κ3) is 6.87. The molecule has 2 aromatic carbocycles. The number of piperidine rings is 1. The van der Waals surface area contributed by atoms with Gasteiger partial charge in [0.2, 0.25) is 11.8 Å². The molecule has 2 amide bonds. The van der Waals surface area contributed by atoms with Gasteiger partial charge in [-0.15, -0.1) is 0 Å². The number of benzene rings is 2. The number of allylic oxidation sites excluding steroid dienone is 2. The Kier molecular flexibility index (Phi) is 9.81. The summed E-state index contributed by atoms with van der Waals surface area (Å²) in [5, 5.41) is 20.7. The minimum atomic E-state index is -1.05. The van der Waals surface area contributed by atoms with E-state index >= 15 is 0 Å². The summed E-state index contributed by atoms with van der Waals surface area (Å²) in [4.78, 5) is 36.8. The number of phenols is 1. The minimum Gasteiger partial charge on any atom is -0.505 e. The molecule has 0 unspecified atom stereocenters. The average Bonchev–Trinajstić information content (AvgIpc) is 3.37. The van der Waals surface area contributed by atoms with Gasteiger partial charge in [-0.3, -0.25) is 24.4 Å². The van der Waals surface area contributed by atoms with E-state index in [0.29, 0.717) is 24.8 Å². The number of amides is 2. The lowest BCUT2D eigenvalue weighted by Crippen LogP contribution is -2.48. The SMILES string of the molecule is CCC1=C2[C@@H](CC/C(=C/c3ccc(O)c(F)c3)c3ccccn3)OB(O)C[C@@H]2[C@@H]2C(=O)N(C3CCN(Cc4ccccc4)CC3)C(=O)[C@@H]2C1. The van der Waals surface area contributed by atoms with E-state index in [1.54, 1.807) is 17.2 Å². The maximum absolute atomic E-state index is 14.3. The van der Waals surface area contributed by atoms with E-state index in [2.05, 4.69) is 28.9 Å². The van der Waals surface area contributed by atoms with E-state index in [1.165, 1.54) is 17.7 Å². The first-order valence-electron chi connectivity index (χ1n) is 17.6. The summed E-state index contributed by atoms with van der Waals surface area (Å²) in [6.45, 7) is 4.60. The number of phenolic OH excluding ortho intramolecular Hbond substituents is 1. The highest BCUT2D eigenvalue weighted by Crippen LogP contribution is 2.52. The van der Waals surface area contributed by atoms with Crippen molar-refractivity contribution in [3.8, 4) is 5.75 Å². The number of likely N-dealkylation sites (tertiary alicyclic amines) is 2. The zero-order valence-electron chi connectivity index (χ0n) is 27.9. The predicted molar refractivity (Wildman–Crippen MR) is 186 cm³/mol. The van der Waals surface area contributed by atoms with Gasteiger partial charge in [-0.2, -0.15) is 0 Å². The molecule has 4 aliphatic rings. The summed E-state index contributed by atoms with van der Waals surface area (Å²) in [5.41, 5.74) is 5.65. The lowest BCUT2D eigenvalue weighted by Gasteiger charge is -2.43. The number of aromatic nitrogens is 1. The molecule has 0 saturated carbocycles. The largest absolute Gasteiger partial charge is 0.505 e. The molecule has 3 saturated heterocycles. The van der Waals surface area contributed by atoms with Gasteiger partial charge in [0, 0.05) is 31.9 Å². The van der Waals surface area contributed by atoms with E-state index in [0.717, 1.165) is 61.3 Å². The highest BCUT2D eigenvalue weighted by molar-refractivity contribution is 6.43. The Bertz CT molecular complexity index is 1740. The second kappa shape index (κ2) is 14.4. The third-order valence-corrected chi connectivity index (χ3v) is 10.9. The van der Waals surface area contributed by atoms with Crippen molar-refractivity contribution in [2.75, 3.05) is 13.1 Å². The molecule has 0 spiro atoms. The molecule has 0 radical (unpaired) electrons. The molecular formula is C39H43BFN3O5. The van der Waals surface area contributed by atoms with E-state index in [4.69, 9.17) is 4.65 Å². The van der Waals surface area contributed by atoms with Crippen molar-refractivity contribution in [1.29, 1.82) is 0 Å². The Hall–Kier alpha value is -4.12. The Morgan fingerprint density at radius 3 is 2.53 bits per heavy atom. The molecule has 3 aliphatic heterocycles. The van der Waals surface area contributed by atoms with Crippen molar-refractivity contribution in [2.24, 2.45) is 17.8 Å². The fourth-order valence-corrected chi connectivity index (χ4v) is 8.59. The van der Waals surface area contributed by atoms with Crippen LogP contribution in [-0.4, -0.2) is 69.1 Å². The van der Waals surface area contributed by atoms with Gasteiger partial charge >= 0.3 is 7.12 Å². The zero-order chi connectivity index (χ0) is 34.1. The second-order valence-electron chi connectivity index (χ2n) is 13.8. The van der Waals surface area contributed by atoms with Gasteiger partial charge in [0.25, 0.3) is 0 Å². The number of aromatic hydroxyl groups is 1. The molecule has 254 valence electrons. The summed E-state index contributed by atoms with van der Waals surface area (Å²) < 4.78 is 20.4. The van der Waals surface area contributed by atoms with Gasteiger partial charge in [0.05, 0.1) is 23.6 Å². The van der Waals surface area contributed by atoms with Crippen LogP contribution in [0.5, 0.6) is 5.75 Å². The fourth-order valence-electron chi connectivity index (χ4n) is 8.59. The Morgan fingerprint density at radius 1 is 1.04 bits per heavy atom. The topological polar surface area (TPSA) is 103 Å². The van der Waals surface area contributed by atoms with Gasteiger partial charge < -0.3 is 14.8 Å². The van der Waals surface area contributed by atoms with Crippen LogP contribution in [0.25, 0.3) is 11.6 Å². The van der Waals surface area contributed by atoms with Gasteiger partial charge in [0.1, 0.15) is 0 Å². The van der Waals surface area contributed by atoms with Crippen LogP contribution in [0.15, 0.2) is 84.1 Å². The van der Waals surface area contributed by atoms with Crippen molar-refractivity contribution < 1.29 is 28.8 Å². The van der Waals surface area contributed by atoms with Gasteiger partial charge in [-0.1, -0.05) is 55.0 Å². The first-order valence-corrected chi connectivity index (χ1v) is 17.6. The number of carbonyl (C=O) groups is 2. The molecule has 1 aromatic heterocycles. The predicted octanol–water partition coefficient (Wildman–Crippen LogP) is 6.12. The van der Waals surface area contributed by atoms with E-state index in [1.807, 2.05) is 42.5 Å². The van der Waals surface area contributed by atoms with Crippen LogP contribution in [0.1, 0.15) is 62.3 Å². The number of nitrogens with zero attached hydrogens (tertiary/aromatic N) is 3. The number of halogens is 1. The molecule has 0 bridgehead atoms. The number of imide groups is 1. The van der Waals surface area contributed by atoms with E-state index in [9.17, 15) is 24.1 Å². The molecule has 8 nitrogen and oxygen atoms in total. The molecule has 10 heteroatoms. The van der Waals surface area contributed by atoms with Gasteiger partial charge in [-0.05, 0) is 103 Å². The maximum Gasteiger partial charge on any atom is 0.455 e. The van der Waals surface area contributed by atoms with Crippen LogP contribution in [0.3, 0.4) is 0 Å². The summed E-state index contributed by atoms with van der Waals surface area (Å²) in [6, 6.07) is 20.2. The van der Waals surface area contributed by atoms with Crippen LogP contribution in [0.2, 0.25) is 6.32 Å². The first kappa shape index (κ1) is 33.4. The van der Waals surface area contributed by atoms with Gasteiger partial charge in [-0.25, -0.2) is 4.39 Å². The van der Waals surface area contributed by atoms with Crippen LogP contribution in [-0.2, 0) is 20.8 Å². The van der Waals surface area contributed by atoms with E-state index < -0.39 is 36.6 Å². The van der Waals surface area contributed by atoms with Crippen molar-refractivity contribution >= 4 is 30.6 Å². The highest BCUT2D eigenvalue weighted by atomic mass is 19.1. The molecular weight excluding hydrogens is 620 g/mol. The molecule has 7 rings (SSSR count). The quantitative estimate of drug-likeness (QED) is 0.162. The third-order valence-electron chi connectivity index (χ3n) is 10.9. The number of rotatable bonds is 9. The molecule has 3 fully saturated rings. The first-order chi connectivity index (χ1) is 23.8. The Labute approximate surface area is 287 Å². The van der Waals surface area contributed by atoms with Gasteiger partial charge in [0.15, 0.2) is 11.6 Å². The number of fused-ring (bicyclic) bond motifs is 3. The highest BCUT2D eigenvalue weighted by Gasteiger charge is 2.58. The number of hydrogen-bond donors (Lipinski definition) is 2. The standard InChI is InChI=1S/C39H43BFN3O5/c1-2-27-22-30-37(39(47)44(38(30)46)29-15-18-43(19-16-29)24-25-8-4-3-5-9-25)31-23-40(48)49-35(36(27)31)14-12-28(33-10-6-7-17-42-33)20-26-11-13-34(45)32(41)21-26/h3-11,13,17,20-21,29-31,35,37,45,48H,2,12,14-16,18-19,22-24H2,1H3/b28-20-/t30-,31+,35-,37-/m1/s1. The molecule has 3 aromatic rings. The van der Waals surface area contributed by atoms with Crippen LogP contribution in [0.4, 0.5) is 4.39 Å². The van der Waals surface area contributed by atoms with E-state index in [-0.39, 0.29) is 30.1 Å². The van der Waals surface area contributed by atoms with Crippen molar-refractivity contribution in [2.45, 2.75) is 70.5 Å². The van der Waals surface area contributed by atoms with Crippen LogP contribution < -0.4 is 0 Å². The van der Waals surface area contributed by atoms with Crippen LogP contribution in [0, 0.1) is 23.6 Å². The molecule has 1 aliphatic carbocycles. The number of pyridine rings is 1. The molecule has 2 N–H and O–H groups in total. The lowest BCUT2D eigenvalue weighted by molar-refractivity contribution is -0.144. The summed E-state index contributed by atoms with van der Waals surface area (Å²) in [6.07, 6.45) is 7.23.